The summed E-state index contributed by atoms with van der Waals surface area (Å²) in [4.78, 5) is 0. The fourth-order valence-electron chi connectivity index (χ4n) is 2.56. The van der Waals surface area contributed by atoms with E-state index in [0.717, 1.165) is 23.3 Å². The number of benzene rings is 1. The van der Waals surface area contributed by atoms with Crippen molar-refractivity contribution in [1.82, 2.24) is 15.1 Å². The molecular formula is C18H27N3O2. The fourth-order valence-corrected chi connectivity index (χ4v) is 2.56. The molecule has 2 atom stereocenters. The summed E-state index contributed by atoms with van der Waals surface area (Å²) in [6, 6.07) is 7.83. The topological polar surface area (TPSA) is 59.3 Å². The van der Waals surface area contributed by atoms with Gasteiger partial charge < -0.3 is 15.2 Å². The third-order valence-electron chi connectivity index (χ3n) is 3.71. The van der Waals surface area contributed by atoms with Crippen LogP contribution in [0.4, 0.5) is 0 Å². The van der Waals surface area contributed by atoms with E-state index in [0.29, 0.717) is 6.54 Å². The first kappa shape index (κ1) is 17.5. The Balaban J connectivity index is 1.97. The first-order chi connectivity index (χ1) is 11.0. The van der Waals surface area contributed by atoms with Crippen LogP contribution in [0.1, 0.15) is 50.5 Å². The Morgan fingerprint density at radius 3 is 2.70 bits per heavy atom. The molecule has 0 amide bonds. The van der Waals surface area contributed by atoms with Crippen molar-refractivity contribution in [3.8, 4) is 5.75 Å². The summed E-state index contributed by atoms with van der Waals surface area (Å²) in [5.74, 6) is 0.788. The van der Waals surface area contributed by atoms with Gasteiger partial charge in [-0.2, -0.15) is 5.10 Å². The van der Waals surface area contributed by atoms with Crippen molar-refractivity contribution >= 4 is 0 Å². The van der Waals surface area contributed by atoms with Gasteiger partial charge in [0.15, 0.2) is 0 Å². The van der Waals surface area contributed by atoms with Gasteiger partial charge in [-0.15, -0.1) is 0 Å². The number of aryl methyl sites for hydroxylation is 1. The quantitative estimate of drug-likeness (QED) is 0.786. The number of hydrogen-bond donors (Lipinski definition) is 2. The van der Waals surface area contributed by atoms with E-state index in [1.165, 1.54) is 0 Å². The molecule has 0 saturated heterocycles. The molecule has 5 heteroatoms. The van der Waals surface area contributed by atoms with E-state index in [-0.39, 0.29) is 12.1 Å². The number of ether oxygens (including phenoxy) is 1. The maximum Gasteiger partial charge on any atom is 0.120 e. The van der Waals surface area contributed by atoms with E-state index in [4.69, 9.17) is 4.74 Å². The lowest BCUT2D eigenvalue weighted by Gasteiger charge is -2.19. The molecule has 0 aliphatic rings. The van der Waals surface area contributed by atoms with Gasteiger partial charge in [-0.1, -0.05) is 19.1 Å². The van der Waals surface area contributed by atoms with Crippen LogP contribution in [0.3, 0.4) is 0 Å². The Kier molecular flexibility index (Phi) is 6.19. The van der Waals surface area contributed by atoms with Crippen molar-refractivity contribution in [2.75, 3.05) is 6.54 Å². The molecule has 0 aliphatic carbocycles. The van der Waals surface area contributed by atoms with Crippen LogP contribution in [-0.4, -0.2) is 27.5 Å². The molecule has 0 bridgehead atoms. The number of rotatable bonds is 8. The number of hydrogen-bond acceptors (Lipinski definition) is 4. The van der Waals surface area contributed by atoms with Gasteiger partial charge in [0, 0.05) is 31.4 Å². The van der Waals surface area contributed by atoms with Crippen molar-refractivity contribution in [3.05, 3.63) is 47.8 Å². The molecular weight excluding hydrogens is 290 g/mol. The first-order valence-corrected chi connectivity index (χ1v) is 8.16. The van der Waals surface area contributed by atoms with Crippen LogP contribution in [0.2, 0.25) is 0 Å². The maximum absolute atomic E-state index is 10.4. The number of nitrogens with one attached hydrogen (secondary N) is 1. The zero-order valence-corrected chi connectivity index (χ0v) is 14.4. The Morgan fingerprint density at radius 1 is 1.30 bits per heavy atom. The molecule has 2 N–H and O–H groups in total. The van der Waals surface area contributed by atoms with Crippen molar-refractivity contribution in [1.29, 1.82) is 0 Å². The predicted molar refractivity (Wildman–Crippen MR) is 91.4 cm³/mol. The van der Waals surface area contributed by atoms with E-state index >= 15 is 0 Å². The molecule has 2 unspecified atom stereocenters. The van der Waals surface area contributed by atoms with Crippen LogP contribution in [-0.2, 0) is 7.05 Å². The number of aliphatic hydroxyl groups excluding tert-OH is 1. The summed E-state index contributed by atoms with van der Waals surface area (Å²) in [5, 5.41) is 18.1. The molecule has 1 heterocycles. The summed E-state index contributed by atoms with van der Waals surface area (Å²) >= 11 is 0. The molecule has 0 aliphatic heterocycles. The first-order valence-electron chi connectivity index (χ1n) is 8.16. The third-order valence-corrected chi connectivity index (χ3v) is 3.71. The lowest BCUT2D eigenvalue weighted by atomic mass is 10.1. The second-order valence-corrected chi connectivity index (χ2v) is 6.07. The molecule has 0 fully saturated rings. The van der Waals surface area contributed by atoms with E-state index < -0.39 is 6.10 Å². The summed E-state index contributed by atoms with van der Waals surface area (Å²) < 4.78 is 7.48. The highest BCUT2D eigenvalue weighted by atomic mass is 16.5. The highest BCUT2D eigenvalue weighted by Gasteiger charge is 2.14. The standard InChI is InChI=1S/C18H27N3O2/c1-5-17(15-10-20-21(4)12-15)19-11-18(22)14-7-6-8-16(9-14)23-13(2)3/h6-10,12-13,17-19,22H,5,11H2,1-4H3. The van der Waals surface area contributed by atoms with Crippen LogP contribution in [0, 0.1) is 0 Å². The van der Waals surface area contributed by atoms with Crippen LogP contribution in [0.15, 0.2) is 36.7 Å². The second kappa shape index (κ2) is 8.13. The predicted octanol–water partition coefficient (Wildman–Crippen LogP) is 2.98. The Labute approximate surface area is 138 Å². The molecule has 1 aromatic carbocycles. The van der Waals surface area contributed by atoms with Gasteiger partial charge in [-0.25, -0.2) is 0 Å². The molecule has 2 rings (SSSR count). The lowest BCUT2D eigenvalue weighted by Crippen LogP contribution is -2.26. The largest absolute Gasteiger partial charge is 0.491 e. The molecule has 1 aromatic heterocycles. The van der Waals surface area contributed by atoms with Gasteiger partial charge in [0.2, 0.25) is 0 Å². The summed E-state index contributed by atoms with van der Waals surface area (Å²) in [6.07, 6.45) is 4.36. The minimum atomic E-state index is -0.573. The van der Waals surface area contributed by atoms with Gasteiger partial charge in [0.25, 0.3) is 0 Å². The lowest BCUT2D eigenvalue weighted by molar-refractivity contribution is 0.168. The minimum absolute atomic E-state index is 0.121. The minimum Gasteiger partial charge on any atom is -0.491 e. The zero-order chi connectivity index (χ0) is 16.8. The molecule has 126 valence electrons. The monoisotopic (exact) mass is 317 g/mol. The van der Waals surface area contributed by atoms with E-state index in [1.807, 2.05) is 57.6 Å². The average molecular weight is 317 g/mol. The van der Waals surface area contributed by atoms with E-state index in [2.05, 4.69) is 17.3 Å². The smallest absolute Gasteiger partial charge is 0.120 e. The molecule has 23 heavy (non-hydrogen) atoms. The number of nitrogens with zero attached hydrogens (tertiary/aromatic N) is 2. The number of aliphatic hydroxyl groups is 1. The van der Waals surface area contributed by atoms with Crippen molar-refractivity contribution < 1.29 is 9.84 Å². The van der Waals surface area contributed by atoms with Gasteiger partial charge in [0.1, 0.15) is 5.75 Å². The Morgan fingerprint density at radius 2 is 2.09 bits per heavy atom. The van der Waals surface area contributed by atoms with E-state index in [1.54, 1.807) is 4.68 Å². The molecule has 5 nitrogen and oxygen atoms in total. The maximum atomic E-state index is 10.4. The summed E-state index contributed by atoms with van der Waals surface area (Å²) in [6.45, 7) is 6.58. The van der Waals surface area contributed by atoms with Crippen LogP contribution < -0.4 is 10.1 Å². The van der Waals surface area contributed by atoms with Crippen molar-refractivity contribution in [2.45, 2.75) is 45.4 Å². The van der Waals surface area contributed by atoms with Gasteiger partial charge in [0.05, 0.1) is 18.4 Å². The molecule has 0 saturated carbocycles. The van der Waals surface area contributed by atoms with Gasteiger partial charge in [-0.05, 0) is 38.0 Å². The molecule has 0 spiro atoms. The van der Waals surface area contributed by atoms with Crippen LogP contribution in [0.5, 0.6) is 5.75 Å². The van der Waals surface area contributed by atoms with Gasteiger partial charge >= 0.3 is 0 Å². The average Bonchev–Trinajstić information content (AvgIpc) is 2.93. The number of aromatic nitrogens is 2. The van der Waals surface area contributed by atoms with E-state index in [9.17, 15) is 5.11 Å². The Bertz CT molecular complexity index is 610. The SMILES string of the molecule is CCC(NCC(O)c1cccc(OC(C)C)c1)c1cnn(C)c1. The fraction of sp³-hybridized carbons (Fsp3) is 0.500. The van der Waals surface area contributed by atoms with Crippen LogP contribution >= 0.6 is 0 Å². The van der Waals surface area contributed by atoms with Crippen molar-refractivity contribution in [3.63, 3.8) is 0 Å². The third kappa shape index (κ3) is 5.08. The van der Waals surface area contributed by atoms with Gasteiger partial charge in [-0.3, -0.25) is 4.68 Å². The summed E-state index contributed by atoms with van der Waals surface area (Å²) in [7, 11) is 1.91. The zero-order valence-electron chi connectivity index (χ0n) is 14.4. The van der Waals surface area contributed by atoms with Crippen LogP contribution in [0.25, 0.3) is 0 Å². The highest BCUT2D eigenvalue weighted by Crippen LogP contribution is 2.21. The van der Waals surface area contributed by atoms with Crippen molar-refractivity contribution in [2.24, 2.45) is 7.05 Å². The summed E-state index contributed by atoms with van der Waals surface area (Å²) in [5.41, 5.74) is 2.00. The normalized spacial score (nSPS) is 14.0. The molecule has 0 radical (unpaired) electrons. The Hall–Kier alpha value is -1.85. The second-order valence-electron chi connectivity index (χ2n) is 6.07. The highest BCUT2D eigenvalue weighted by molar-refractivity contribution is 5.30. The molecule has 2 aromatic rings.